The molecule has 0 fully saturated rings. The minimum absolute atomic E-state index is 0.0247. The van der Waals surface area contributed by atoms with E-state index in [-0.39, 0.29) is 23.4 Å². The number of anilines is 1. The zero-order chi connectivity index (χ0) is 19.1. The van der Waals surface area contributed by atoms with Gasteiger partial charge in [0.25, 0.3) is 0 Å². The first kappa shape index (κ1) is 18.6. The number of nitrogens with zero attached hydrogens (tertiary/aromatic N) is 2. The van der Waals surface area contributed by atoms with Crippen LogP contribution in [0.3, 0.4) is 0 Å². The molecule has 0 radical (unpaired) electrons. The first-order valence-corrected chi connectivity index (χ1v) is 10.1. The second-order valence-corrected chi connectivity index (χ2v) is 8.99. The van der Waals surface area contributed by atoms with Crippen LogP contribution < -0.4 is 4.90 Å². The van der Waals surface area contributed by atoms with Crippen molar-refractivity contribution in [1.82, 2.24) is 4.31 Å². The second-order valence-electron chi connectivity index (χ2n) is 6.98. The van der Waals surface area contributed by atoms with Gasteiger partial charge in [-0.1, -0.05) is 30.3 Å². The molecule has 0 unspecified atom stereocenters. The SMILES string of the molecule is Cc1ccc(C)c(S(=O)(=O)N(C)CC(=O)N2c3ccccc3C[C@H]2C)c1. The number of rotatable bonds is 4. The summed E-state index contributed by atoms with van der Waals surface area (Å²) in [7, 11) is -2.27. The predicted molar refractivity (Wildman–Crippen MR) is 103 cm³/mol. The molecule has 1 amide bonds. The van der Waals surface area contributed by atoms with Gasteiger partial charge in [0.2, 0.25) is 15.9 Å². The molecule has 1 heterocycles. The summed E-state index contributed by atoms with van der Waals surface area (Å²) in [6.07, 6.45) is 0.787. The summed E-state index contributed by atoms with van der Waals surface area (Å²) in [6, 6.07) is 13.1. The van der Waals surface area contributed by atoms with E-state index in [9.17, 15) is 13.2 Å². The van der Waals surface area contributed by atoms with Gasteiger partial charge in [0.15, 0.2) is 0 Å². The third-order valence-electron chi connectivity index (χ3n) is 4.87. The van der Waals surface area contributed by atoms with Crippen molar-refractivity contribution in [3.8, 4) is 0 Å². The summed E-state index contributed by atoms with van der Waals surface area (Å²) in [5.41, 5.74) is 3.54. The third-order valence-corrected chi connectivity index (χ3v) is 6.81. The van der Waals surface area contributed by atoms with Gasteiger partial charge in [0.05, 0.1) is 11.4 Å². The molecule has 0 saturated heterocycles. The number of amides is 1. The van der Waals surface area contributed by atoms with Gasteiger partial charge in [-0.3, -0.25) is 4.79 Å². The summed E-state index contributed by atoms with van der Waals surface area (Å²) in [5, 5.41) is 0. The molecule has 0 bridgehead atoms. The molecule has 1 aliphatic heterocycles. The monoisotopic (exact) mass is 372 g/mol. The van der Waals surface area contributed by atoms with E-state index < -0.39 is 10.0 Å². The Morgan fingerprint density at radius 1 is 1.19 bits per heavy atom. The summed E-state index contributed by atoms with van der Waals surface area (Å²) >= 11 is 0. The van der Waals surface area contributed by atoms with Crippen molar-refractivity contribution in [2.45, 2.75) is 38.1 Å². The molecule has 0 N–H and O–H groups in total. The van der Waals surface area contributed by atoms with E-state index in [1.165, 1.54) is 7.05 Å². The molecule has 0 spiro atoms. The van der Waals surface area contributed by atoms with Gasteiger partial charge >= 0.3 is 0 Å². The lowest BCUT2D eigenvalue weighted by molar-refractivity contribution is -0.118. The maximum absolute atomic E-state index is 12.9. The largest absolute Gasteiger partial charge is 0.308 e. The van der Waals surface area contributed by atoms with Gasteiger partial charge in [0.1, 0.15) is 0 Å². The molecule has 0 saturated carbocycles. The van der Waals surface area contributed by atoms with E-state index in [2.05, 4.69) is 0 Å². The minimum atomic E-state index is -3.73. The quantitative estimate of drug-likeness (QED) is 0.829. The lowest BCUT2D eigenvalue weighted by atomic mass is 10.1. The number of hydrogen-bond acceptors (Lipinski definition) is 3. The minimum Gasteiger partial charge on any atom is -0.308 e. The van der Waals surface area contributed by atoms with Crippen LogP contribution in [0.1, 0.15) is 23.6 Å². The van der Waals surface area contributed by atoms with Crippen LogP contribution in [0.15, 0.2) is 47.4 Å². The van der Waals surface area contributed by atoms with Crippen LogP contribution in [0.4, 0.5) is 5.69 Å². The molecule has 1 aliphatic rings. The third kappa shape index (κ3) is 3.27. The Labute approximate surface area is 155 Å². The van der Waals surface area contributed by atoms with E-state index in [1.54, 1.807) is 24.0 Å². The number of sulfonamides is 1. The van der Waals surface area contributed by atoms with E-state index in [0.717, 1.165) is 27.5 Å². The Morgan fingerprint density at radius 2 is 1.88 bits per heavy atom. The molecule has 6 heteroatoms. The molecular formula is C20H24N2O3S. The van der Waals surface area contributed by atoms with Gasteiger partial charge in [-0.15, -0.1) is 0 Å². The summed E-state index contributed by atoms with van der Waals surface area (Å²) in [5.74, 6) is -0.209. The van der Waals surface area contributed by atoms with Crippen LogP contribution in [0.2, 0.25) is 0 Å². The molecule has 2 aromatic carbocycles. The Hall–Kier alpha value is -2.18. The van der Waals surface area contributed by atoms with Crippen molar-refractivity contribution in [3.05, 3.63) is 59.2 Å². The summed E-state index contributed by atoms with van der Waals surface area (Å²) in [4.78, 5) is 14.8. The first-order valence-electron chi connectivity index (χ1n) is 8.65. The lowest BCUT2D eigenvalue weighted by Crippen LogP contribution is -2.43. The fraction of sp³-hybridized carbons (Fsp3) is 0.350. The van der Waals surface area contributed by atoms with Crippen molar-refractivity contribution in [2.75, 3.05) is 18.5 Å². The van der Waals surface area contributed by atoms with Crippen molar-refractivity contribution in [3.63, 3.8) is 0 Å². The normalized spacial score (nSPS) is 16.8. The van der Waals surface area contributed by atoms with E-state index in [1.807, 2.05) is 44.2 Å². The topological polar surface area (TPSA) is 57.7 Å². The first-order chi connectivity index (χ1) is 12.2. The van der Waals surface area contributed by atoms with Gasteiger partial charge in [-0.25, -0.2) is 8.42 Å². The average Bonchev–Trinajstić information content (AvgIpc) is 2.92. The van der Waals surface area contributed by atoms with Gasteiger partial charge in [-0.05, 0) is 56.0 Å². The number of para-hydroxylation sites is 1. The van der Waals surface area contributed by atoms with Crippen LogP contribution in [0.5, 0.6) is 0 Å². The Kier molecular flexibility index (Phi) is 4.90. The highest BCUT2D eigenvalue weighted by atomic mass is 32.2. The van der Waals surface area contributed by atoms with Gasteiger partial charge in [-0.2, -0.15) is 4.31 Å². The Morgan fingerprint density at radius 3 is 2.62 bits per heavy atom. The van der Waals surface area contributed by atoms with Crippen molar-refractivity contribution >= 4 is 21.6 Å². The lowest BCUT2D eigenvalue weighted by Gasteiger charge is -2.26. The fourth-order valence-corrected chi connectivity index (χ4v) is 4.88. The van der Waals surface area contributed by atoms with Crippen LogP contribution >= 0.6 is 0 Å². The Bertz CT molecular complexity index is 953. The number of likely N-dealkylation sites (N-methyl/N-ethyl adjacent to an activating group) is 1. The molecule has 0 aromatic heterocycles. The highest BCUT2D eigenvalue weighted by molar-refractivity contribution is 7.89. The van der Waals surface area contributed by atoms with Crippen molar-refractivity contribution in [2.24, 2.45) is 0 Å². The number of carbonyl (C=O) groups excluding carboxylic acids is 1. The van der Waals surface area contributed by atoms with E-state index >= 15 is 0 Å². The molecule has 138 valence electrons. The molecule has 3 rings (SSSR count). The molecule has 1 atom stereocenters. The number of hydrogen-bond donors (Lipinski definition) is 0. The maximum atomic E-state index is 12.9. The van der Waals surface area contributed by atoms with E-state index in [0.29, 0.717) is 5.56 Å². The summed E-state index contributed by atoms with van der Waals surface area (Å²) < 4.78 is 27.0. The van der Waals surface area contributed by atoms with Crippen LogP contribution in [-0.4, -0.2) is 38.3 Å². The van der Waals surface area contributed by atoms with Crippen molar-refractivity contribution in [1.29, 1.82) is 0 Å². The predicted octanol–water partition coefficient (Wildman–Crippen LogP) is 2.90. The van der Waals surface area contributed by atoms with E-state index in [4.69, 9.17) is 0 Å². The Balaban J connectivity index is 1.84. The molecular weight excluding hydrogens is 348 g/mol. The zero-order valence-corrected chi connectivity index (χ0v) is 16.4. The van der Waals surface area contributed by atoms with Crippen LogP contribution in [0.25, 0.3) is 0 Å². The molecule has 0 aliphatic carbocycles. The van der Waals surface area contributed by atoms with Gasteiger partial charge < -0.3 is 4.90 Å². The smallest absolute Gasteiger partial charge is 0.243 e. The van der Waals surface area contributed by atoms with Crippen molar-refractivity contribution < 1.29 is 13.2 Å². The zero-order valence-electron chi connectivity index (χ0n) is 15.6. The average molecular weight is 372 g/mol. The number of aryl methyl sites for hydroxylation is 2. The standard InChI is InChI=1S/C20H24N2O3S/c1-14-9-10-15(2)19(11-14)26(24,25)21(4)13-20(23)22-16(3)12-17-7-5-6-8-18(17)22/h5-11,16H,12-13H2,1-4H3/t16-/m1/s1. The second kappa shape index (κ2) is 6.85. The number of benzene rings is 2. The number of fused-ring (bicyclic) bond motifs is 1. The van der Waals surface area contributed by atoms with Crippen LogP contribution in [0, 0.1) is 13.8 Å². The molecule has 2 aromatic rings. The molecule has 5 nitrogen and oxygen atoms in total. The molecule has 26 heavy (non-hydrogen) atoms. The summed E-state index contributed by atoms with van der Waals surface area (Å²) in [6.45, 7) is 5.42. The maximum Gasteiger partial charge on any atom is 0.243 e. The van der Waals surface area contributed by atoms with Gasteiger partial charge in [0, 0.05) is 18.8 Å². The van der Waals surface area contributed by atoms with Crippen LogP contribution in [-0.2, 0) is 21.2 Å². The highest BCUT2D eigenvalue weighted by Crippen LogP contribution is 2.32. The fourth-order valence-electron chi connectivity index (χ4n) is 3.45. The number of carbonyl (C=O) groups is 1. The highest BCUT2D eigenvalue weighted by Gasteiger charge is 2.33.